The van der Waals surface area contributed by atoms with Crippen molar-refractivity contribution >= 4 is 50.0 Å². The highest BCUT2D eigenvalue weighted by molar-refractivity contribution is 9.10. The molecule has 172 valence electrons. The number of hydrogen-bond acceptors (Lipinski definition) is 6. The molecule has 0 saturated carbocycles. The van der Waals surface area contributed by atoms with Gasteiger partial charge in [-0.15, -0.1) is 0 Å². The predicted molar refractivity (Wildman–Crippen MR) is 136 cm³/mol. The van der Waals surface area contributed by atoms with Gasteiger partial charge in [0, 0.05) is 18.6 Å². The Kier molecular flexibility index (Phi) is 7.60. The molecule has 0 bridgehead atoms. The fourth-order valence-electron chi connectivity index (χ4n) is 2.96. The van der Waals surface area contributed by atoms with Gasteiger partial charge in [-0.2, -0.15) is 0 Å². The van der Waals surface area contributed by atoms with E-state index >= 15 is 0 Å². The van der Waals surface area contributed by atoms with Crippen LogP contribution in [-0.4, -0.2) is 30.9 Å². The molecule has 8 nitrogen and oxygen atoms in total. The Balaban J connectivity index is 1.97. The molecule has 0 saturated heterocycles. The van der Waals surface area contributed by atoms with Crippen molar-refractivity contribution in [2.45, 2.75) is 13.8 Å². The van der Waals surface area contributed by atoms with E-state index in [1.54, 1.807) is 18.2 Å². The second kappa shape index (κ2) is 10.2. The highest BCUT2D eigenvalue weighted by Crippen LogP contribution is 2.26. The maximum absolute atomic E-state index is 12.8. The van der Waals surface area contributed by atoms with Crippen LogP contribution in [0.25, 0.3) is 0 Å². The van der Waals surface area contributed by atoms with Gasteiger partial charge in [0.1, 0.15) is 10.6 Å². The zero-order valence-corrected chi connectivity index (χ0v) is 21.0. The number of benzene rings is 2. The number of amides is 1. The number of carbonyl (C=O) groups excluding carboxylic acids is 1. The number of aromatic nitrogens is 2. The maximum atomic E-state index is 12.8. The van der Waals surface area contributed by atoms with Crippen LogP contribution in [0.4, 0.5) is 11.4 Å². The molecule has 10 heteroatoms. The second-order valence-electron chi connectivity index (χ2n) is 7.48. The Morgan fingerprint density at radius 1 is 1.06 bits per heavy atom. The summed E-state index contributed by atoms with van der Waals surface area (Å²) in [5.74, 6) is -0.901. The number of aromatic hydroxyl groups is 1. The fourth-order valence-corrected chi connectivity index (χ4v) is 4.38. The van der Waals surface area contributed by atoms with Crippen LogP contribution >= 0.6 is 27.7 Å². The first-order valence-corrected chi connectivity index (χ1v) is 11.7. The molecule has 3 rings (SSSR count). The molecule has 0 aliphatic carbocycles. The van der Waals surface area contributed by atoms with Crippen LogP contribution in [0.5, 0.6) is 5.88 Å². The Labute approximate surface area is 203 Å². The number of nitrogens with one attached hydrogen (secondary N) is 1. The van der Waals surface area contributed by atoms with Crippen molar-refractivity contribution < 1.29 is 9.90 Å². The molecule has 0 aliphatic rings. The van der Waals surface area contributed by atoms with Crippen molar-refractivity contribution in [1.29, 1.82) is 0 Å². The summed E-state index contributed by atoms with van der Waals surface area (Å²) < 4.78 is 2.61. The summed E-state index contributed by atoms with van der Waals surface area (Å²) >= 11 is 4.42. The third-order valence-corrected chi connectivity index (χ3v) is 6.48. The Bertz CT molecular complexity index is 1360. The average Bonchev–Trinajstić information content (AvgIpc) is 2.78. The first-order valence-electron chi connectivity index (χ1n) is 9.92. The van der Waals surface area contributed by atoms with Crippen molar-refractivity contribution in [3.8, 4) is 5.88 Å². The van der Waals surface area contributed by atoms with Crippen LogP contribution in [0.15, 0.2) is 61.5 Å². The van der Waals surface area contributed by atoms with Gasteiger partial charge in [-0.25, -0.2) is 9.79 Å². The van der Waals surface area contributed by atoms with E-state index in [1.807, 2.05) is 38.1 Å². The van der Waals surface area contributed by atoms with Gasteiger partial charge in [0.2, 0.25) is 11.8 Å². The predicted octanol–water partition coefficient (Wildman–Crippen LogP) is 3.62. The summed E-state index contributed by atoms with van der Waals surface area (Å²) in [5, 5.41) is 13.5. The minimum absolute atomic E-state index is 0.0730. The van der Waals surface area contributed by atoms with Crippen LogP contribution in [0, 0.1) is 13.8 Å². The van der Waals surface area contributed by atoms with Crippen LogP contribution in [0.2, 0.25) is 0 Å². The summed E-state index contributed by atoms with van der Waals surface area (Å²) in [4.78, 5) is 42.2. The van der Waals surface area contributed by atoms with Crippen LogP contribution < -0.4 is 16.6 Å². The molecule has 0 atom stereocenters. The Morgan fingerprint density at radius 2 is 1.70 bits per heavy atom. The lowest BCUT2D eigenvalue weighted by atomic mass is 10.2. The number of thioether (sulfide) groups is 1. The molecule has 1 amide bonds. The minimum Gasteiger partial charge on any atom is -0.494 e. The van der Waals surface area contributed by atoms with Gasteiger partial charge in [0.05, 0.1) is 17.1 Å². The minimum atomic E-state index is -0.698. The summed E-state index contributed by atoms with van der Waals surface area (Å²) in [6.45, 7) is 3.88. The molecule has 0 radical (unpaired) electrons. The largest absolute Gasteiger partial charge is 0.494 e. The lowest BCUT2D eigenvalue weighted by molar-refractivity contribution is -0.113. The number of aliphatic imine (C=N–C) groups is 1. The van der Waals surface area contributed by atoms with Gasteiger partial charge in [-0.3, -0.25) is 18.7 Å². The van der Waals surface area contributed by atoms with Crippen molar-refractivity contribution in [1.82, 2.24) is 9.13 Å². The van der Waals surface area contributed by atoms with Crippen LogP contribution in [-0.2, 0) is 18.9 Å². The van der Waals surface area contributed by atoms with E-state index < -0.39 is 17.1 Å². The number of hydrogen-bond donors (Lipinski definition) is 2. The third kappa shape index (κ3) is 5.63. The molecule has 0 aliphatic heterocycles. The highest BCUT2D eigenvalue weighted by Gasteiger charge is 2.22. The smallest absolute Gasteiger partial charge is 0.333 e. The average molecular weight is 531 g/mol. The topological polar surface area (TPSA) is 106 Å². The maximum Gasteiger partial charge on any atom is 0.333 e. The molecule has 2 N–H and O–H groups in total. The fraction of sp³-hybridized carbons (Fsp3) is 0.217. The normalized spacial score (nSPS) is 11.5. The van der Waals surface area contributed by atoms with Crippen molar-refractivity contribution in [3.05, 3.63) is 84.5 Å². The number of aryl methyl sites for hydroxylation is 2. The number of carbonyl (C=O) groups is 1. The van der Waals surface area contributed by atoms with E-state index in [2.05, 4.69) is 26.2 Å². The summed E-state index contributed by atoms with van der Waals surface area (Å²) in [6.07, 6.45) is 0. The first kappa shape index (κ1) is 24.5. The Hall–Kier alpha value is -3.11. The van der Waals surface area contributed by atoms with E-state index in [1.165, 1.54) is 14.1 Å². The summed E-state index contributed by atoms with van der Waals surface area (Å²) in [5.41, 5.74) is 1.73. The molecule has 2 aromatic carbocycles. The van der Waals surface area contributed by atoms with Gasteiger partial charge >= 0.3 is 5.69 Å². The van der Waals surface area contributed by atoms with E-state index in [9.17, 15) is 19.5 Å². The summed E-state index contributed by atoms with van der Waals surface area (Å²) in [6, 6.07) is 12.8. The molecule has 0 spiro atoms. The first-order chi connectivity index (χ1) is 15.6. The quantitative estimate of drug-likeness (QED) is 0.387. The zero-order valence-electron chi connectivity index (χ0n) is 18.5. The van der Waals surface area contributed by atoms with E-state index in [0.29, 0.717) is 11.4 Å². The highest BCUT2D eigenvalue weighted by atomic mass is 79.9. The molecule has 3 aromatic rings. The standard InChI is InChI=1S/C23H23BrN4O4S/c1-13-5-8-15(9-6-13)25-20(19-21(30)27(3)23(32)28(4)22(19)31)33-12-18(29)26-17-10-7-14(2)11-16(17)24/h5-11,30H,12H2,1-4H3,(H,26,29). The van der Waals surface area contributed by atoms with E-state index in [-0.39, 0.29) is 22.3 Å². The molecular weight excluding hydrogens is 508 g/mol. The molecular formula is C23H23BrN4O4S. The molecule has 1 aromatic heterocycles. The van der Waals surface area contributed by atoms with Crippen molar-refractivity contribution in [2.75, 3.05) is 11.1 Å². The van der Waals surface area contributed by atoms with Crippen LogP contribution in [0.3, 0.4) is 0 Å². The summed E-state index contributed by atoms with van der Waals surface area (Å²) in [7, 11) is 2.68. The Morgan fingerprint density at radius 3 is 2.33 bits per heavy atom. The van der Waals surface area contributed by atoms with Gasteiger partial charge in [-0.05, 0) is 59.6 Å². The number of rotatable bonds is 5. The molecule has 33 heavy (non-hydrogen) atoms. The molecule has 0 unspecified atom stereocenters. The number of nitrogens with zero attached hydrogens (tertiary/aromatic N) is 3. The van der Waals surface area contributed by atoms with Gasteiger partial charge in [-0.1, -0.05) is 35.5 Å². The lowest BCUT2D eigenvalue weighted by Crippen LogP contribution is -2.39. The van der Waals surface area contributed by atoms with Crippen molar-refractivity contribution in [2.24, 2.45) is 19.1 Å². The lowest BCUT2D eigenvalue weighted by Gasteiger charge is -2.13. The van der Waals surface area contributed by atoms with E-state index in [4.69, 9.17) is 0 Å². The third-order valence-electron chi connectivity index (χ3n) is 4.85. The monoisotopic (exact) mass is 530 g/mol. The van der Waals surface area contributed by atoms with Gasteiger partial charge in [0.15, 0.2) is 0 Å². The second-order valence-corrected chi connectivity index (χ2v) is 9.30. The molecule has 0 fully saturated rings. The number of halogens is 1. The van der Waals surface area contributed by atoms with Gasteiger partial charge < -0.3 is 10.4 Å². The SMILES string of the molecule is Cc1ccc(N=C(SCC(=O)Nc2ccc(C)cc2Br)c2c(O)n(C)c(=O)n(C)c2=O)cc1. The number of anilines is 1. The molecule has 1 heterocycles. The van der Waals surface area contributed by atoms with Gasteiger partial charge in [0.25, 0.3) is 5.56 Å². The van der Waals surface area contributed by atoms with Crippen molar-refractivity contribution in [3.63, 3.8) is 0 Å². The van der Waals surface area contributed by atoms with Crippen LogP contribution in [0.1, 0.15) is 16.7 Å². The zero-order chi connectivity index (χ0) is 24.3. The van der Waals surface area contributed by atoms with E-state index in [0.717, 1.165) is 36.5 Å².